The highest BCUT2D eigenvalue weighted by Gasteiger charge is 2.22. The van der Waals surface area contributed by atoms with Gasteiger partial charge in [0.2, 0.25) is 0 Å². The monoisotopic (exact) mass is 278 g/mol. The summed E-state index contributed by atoms with van der Waals surface area (Å²) in [6.45, 7) is 5.84. The van der Waals surface area contributed by atoms with Gasteiger partial charge in [-0.05, 0) is 38.5 Å². The van der Waals surface area contributed by atoms with Gasteiger partial charge in [0.15, 0.2) is 0 Å². The second kappa shape index (κ2) is 6.61. The van der Waals surface area contributed by atoms with E-state index in [0.29, 0.717) is 23.8 Å². The van der Waals surface area contributed by atoms with Gasteiger partial charge in [0.05, 0.1) is 30.2 Å². The summed E-state index contributed by atoms with van der Waals surface area (Å²) >= 11 is 0. The number of hydrogen-bond acceptors (Lipinski definition) is 5. The Morgan fingerprint density at radius 1 is 1.60 bits per heavy atom. The zero-order valence-electron chi connectivity index (χ0n) is 12.0. The third-order valence-corrected chi connectivity index (χ3v) is 3.62. The van der Waals surface area contributed by atoms with Gasteiger partial charge < -0.3 is 20.5 Å². The predicted molar refractivity (Wildman–Crippen MR) is 78.8 cm³/mol. The molecule has 5 heteroatoms. The van der Waals surface area contributed by atoms with Gasteiger partial charge in [0.25, 0.3) is 0 Å². The number of ether oxygens (including phenoxy) is 2. The zero-order chi connectivity index (χ0) is 14.5. The minimum Gasteiger partial charge on any atom is -0.462 e. The molecule has 0 radical (unpaired) electrons. The molecule has 1 aliphatic heterocycles. The van der Waals surface area contributed by atoms with E-state index < -0.39 is 0 Å². The van der Waals surface area contributed by atoms with Gasteiger partial charge in [-0.15, -0.1) is 0 Å². The Bertz CT molecular complexity index is 470. The summed E-state index contributed by atoms with van der Waals surface area (Å²) in [5, 5.41) is 3.38. The first-order chi connectivity index (χ1) is 9.61. The topological polar surface area (TPSA) is 73.6 Å². The Kier molecular flexibility index (Phi) is 4.84. The molecule has 110 valence electrons. The first-order valence-corrected chi connectivity index (χ1v) is 7.02. The smallest absolute Gasteiger partial charge is 0.338 e. The van der Waals surface area contributed by atoms with Crippen molar-refractivity contribution in [3.63, 3.8) is 0 Å². The molecule has 20 heavy (non-hydrogen) atoms. The number of hydrogen-bond donors (Lipinski definition) is 2. The molecule has 0 bridgehead atoms. The minimum atomic E-state index is -0.326. The SMILES string of the molecule is CCOC(=O)c1ccc(N)c(NC(C)C2CCOC2)c1. The van der Waals surface area contributed by atoms with Gasteiger partial charge in [-0.1, -0.05) is 0 Å². The molecular formula is C15H22N2O3. The maximum absolute atomic E-state index is 11.7. The maximum atomic E-state index is 11.7. The van der Waals surface area contributed by atoms with Crippen LogP contribution < -0.4 is 11.1 Å². The van der Waals surface area contributed by atoms with Gasteiger partial charge >= 0.3 is 5.97 Å². The number of nitrogens with two attached hydrogens (primary N) is 1. The van der Waals surface area contributed by atoms with E-state index in [2.05, 4.69) is 12.2 Å². The van der Waals surface area contributed by atoms with E-state index in [9.17, 15) is 4.79 Å². The molecule has 1 aromatic carbocycles. The van der Waals surface area contributed by atoms with Crippen LogP contribution in [0.2, 0.25) is 0 Å². The third-order valence-electron chi connectivity index (χ3n) is 3.62. The molecule has 5 nitrogen and oxygen atoms in total. The highest BCUT2D eigenvalue weighted by molar-refractivity contribution is 5.92. The van der Waals surface area contributed by atoms with Gasteiger partial charge in [0.1, 0.15) is 0 Å². The summed E-state index contributed by atoms with van der Waals surface area (Å²) in [6, 6.07) is 5.41. The van der Waals surface area contributed by atoms with Crippen LogP contribution >= 0.6 is 0 Å². The highest BCUT2D eigenvalue weighted by Crippen LogP contribution is 2.25. The largest absolute Gasteiger partial charge is 0.462 e. The fourth-order valence-corrected chi connectivity index (χ4v) is 2.33. The Morgan fingerprint density at radius 2 is 2.40 bits per heavy atom. The standard InChI is InChI=1S/C15H22N2O3/c1-3-20-15(18)11-4-5-13(16)14(8-11)17-10(2)12-6-7-19-9-12/h4-5,8,10,12,17H,3,6-7,9,16H2,1-2H3. The van der Waals surface area contributed by atoms with E-state index in [-0.39, 0.29) is 12.0 Å². The molecule has 1 fully saturated rings. The molecule has 0 saturated carbocycles. The number of nitrogen functional groups attached to an aromatic ring is 1. The molecule has 0 amide bonds. The third kappa shape index (κ3) is 3.42. The molecule has 2 unspecified atom stereocenters. The molecular weight excluding hydrogens is 256 g/mol. The predicted octanol–water partition coefficient (Wildman–Crippen LogP) is 2.28. The summed E-state index contributed by atoms with van der Waals surface area (Å²) in [5.74, 6) is 0.146. The van der Waals surface area contributed by atoms with Gasteiger partial charge in [0, 0.05) is 18.6 Å². The van der Waals surface area contributed by atoms with Crippen molar-refractivity contribution in [2.24, 2.45) is 5.92 Å². The summed E-state index contributed by atoms with van der Waals surface area (Å²) in [4.78, 5) is 11.7. The van der Waals surface area contributed by atoms with Crippen LogP contribution in [0.1, 0.15) is 30.6 Å². The first kappa shape index (κ1) is 14.7. The van der Waals surface area contributed by atoms with Crippen LogP contribution in [0.4, 0.5) is 11.4 Å². The van der Waals surface area contributed by atoms with Crippen LogP contribution in [0.5, 0.6) is 0 Å². The molecule has 0 spiro atoms. The fourth-order valence-electron chi connectivity index (χ4n) is 2.33. The van der Waals surface area contributed by atoms with E-state index in [1.165, 1.54) is 0 Å². The molecule has 1 aromatic rings. The molecule has 0 aromatic heterocycles. The molecule has 2 atom stereocenters. The van der Waals surface area contributed by atoms with Gasteiger partial charge in [-0.3, -0.25) is 0 Å². The van der Waals surface area contributed by atoms with Crippen molar-refractivity contribution in [1.82, 2.24) is 0 Å². The lowest BCUT2D eigenvalue weighted by Crippen LogP contribution is -2.26. The quantitative estimate of drug-likeness (QED) is 0.638. The summed E-state index contributed by atoms with van der Waals surface area (Å²) in [5.41, 5.74) is 7.88. The summed E-state index contributed by atoms with van der Waals surface area (Å²) < 4.78 is 10.4. The number of nitrogens with one attached hydrogen (secondary N) is 1. The molecule has 1 saturated heterocycles. The second-order valence-corrected chi connectivity index (χ2v) is 5.08. The minimum absolute atomic E-state index is 0.247. The Morgan fingerprint density at radius 3 is 3.05 bits per heavy atom. The number of esters is 1. The van der Waals surface area contributed by atoms with Crippen LogP contribution in [-0.2, 0) is 9.47 Å². The Labute approximate surface area is 119 Å². The first-order valence-electron chi connectivity index (χ1n) is 7.02. The summed E-state index contributed by atoms with van der Waals surface area (Å²) in [7, 11) is 0. The Balaban J connectivity index is 2.09. The fraction of sp³-hybridized carbons (Fsp3) is 0.533. The van der Waals surface area contributed by atoms with Crippen molar-refractivity contribution in [3.05, 3.63) is 23.8 Å². The number of benzene rings is 1. The number of carbonyl (C=O) groups excluding carboxylic acids is 1. The lowest BCUT2D eigenvalue weighted by atomic mass is 10.00. The zero-order valence-corrected chi connectivity index (χ0v) is 12.0. The van der Waals surface area contributed by atoms with Crippen molar-refractivity contribution < 1.29 is 14.3 Å². The average molecular weight is 278 g/mol. The van der Waals surface area contributed by atoms with E-state index in [4.69, 9.17) is 15.2 Å². The average Bonchev–Trinajstić information content (AvgIpc) is 2.95. The molecule has 0 aliphatic carbocycles. The van der Waals surface area contributed by atoms with E-state index in [1.54, 1.807) is 25.1 Å². The van der Waals surface area contributed by atoms with Gasteiger partial charge in [-0.25, -0.2) is 4.79 Å². The van der Waals surface area contributed by atoms with Crippen molar-refractivity contribution in [1.29, 1.82) is 0 Å². The van der Waals surface area contributed by atoms with Crippen LogP contribution in [0.25, 0.3) is 0 Å². The summed E-state index contributed by atoms with van der Waals surface area (Å²) in [6.07, 6.45) is 1.05. The van der Waals surface area contributed by atoms with E-state index in [1.807, 2.05) is 0 Å². The van der Waals surface area contributed by atoms with Crippen LogP contribution in [0.15, 0.2) is 18.2 Å². The molecule has 3 N–H and O–H groups in total. The maximum Gasteiger partial charge on any atom is 0.338 e. The lowest BCUT2D eigenvalue weighted by molar-refractivity contribution is 0.0526. The van der Waals surface area contributed by atoms with Crippen molar-refractivity contribution in [2.75, 3.05) is 30.9 Å². The van der Waals surface area contributed by atoms with Crippen molar-refractivity contribution in [2.45, 2.75) is 26.3 Å². The number of anilines is 2. The Hall–Kier alpha value is -1.75. The van der Waals surface area contributed by atoms with E-state index in [0.717, 1.165) is 25.3 Å². The normalized spacial score (nSPS) is 19.6. The van der Waals surface area contributed by atoms with Gasteiger partial charge in [-0.2, -0.15) is 0 Å². The van der Waals surface area contributed by atoms with Crippen LogP contribution in [-0.4, -0.2) is 31.8 Å². The molecule has 1 aliphatic rings. The van der Waals surface area contributed by atoms with Crippen LogP contribution in [0.3, 0.4) is 0 Å². The van der Waals surface area contributed by atoms with Crippen molar-refractivity contribution >= 4 is 17.3 Å². The second-order valence-electron chi connectivity index (χ2n) is 5.08. The van der Waals surface area contributed by atoms with E-state index >= 15 is 0 Å². The van der Waals surface area contributed by atoms with Crippen molar-refractivity contribution in [3.8, 4) is 0 Å². The van der Waals surface area contributed by atoms with Crippen LogP contribution in [0, 0.1) is 5.92 Å². The molecule has 2 rings (SSSR count). The highest BCUT2D eigenvalue weighted by atomic mass is 16.5. The lowest BCUT2D eigenvalue weighted by Gasteiger charge is -2.21. The number of carbonyl (C=O) groups is 1. The number of rotatable bonds is 5. The molecule has 1 heterocycles.